The topological polar surface area (TPSA) is 24.7 Å². The van der Waals surface area contributed by atoms with Crippen molar-refractivity contribution in [3.63, 3.8) is 0 Å². The minimum Gasteiger partial charge on any atom is -0.253 e. The van der Waals surface area contributed by atoms with Crippen LogP contribution in [-0.4, -0.2) is 13.1 Å². The molecule has 2 heteroatoms. The maximum Gasteiger partial charge on any atom is 0.115 e. The average molecular weight is 202 g/mol. The number of rotatable bonds is 2. The lowest BCUT2D eigenvalue weighted by molar-refractivity contribution is 0.590. The Hall–Kier alpha value is -1.44. The molecule has 1 rings (SSSR count). The summed E-state index contributed by atoms with van der Waals surface area (Å²) >= 11 is 0. The minimum atomic E-state index is 0.184. The van der Waals surface area contributed by atoms with Gasteiger partial charge in [-0.25, -0.2) is 4.99 Å². The Morgan fingerprint density at radius 1 is 1.27 bits per heavy atom. The van der Waals surface area contributed by atoms with Gasteiger partial charge in [-0.05, 0) is 36.2 Å². The molecule has 15 heavy (non-hydrogen) atoms. The summed E-state index contributed by atoms with van der Waals surface area (Å²) in [5.41, 5.74) is 3.63. The SMILES string of the molecule is C=NC=Nc1ccc(C(C)(C)C)cc1C. The minimum absolute atomic E-state index is 0.184. The van der Waals surface area contributed by atoms with Crippen molar-refractivity contribution in [3.8, 4) is 0 Å². The van der Waals surface area contributed by atoms with Crippen LogP contribution < -0.4 is 0 Å². The highest BCUT2D eigenvalue weighted by Crippen LogP contribution is 2.27. The van der Waals surface area contributed by atoms with Crippen LogP contribution in [0.1, 0.15) is 31.9 Å². The summed E-state index contributed by atoms with van der Waals surface area (Å²) in [6, 6.07) is 6.32. The van der Waals surface area contributed by atoms with Gasteiger partial charge in [-0.3, -0.25) is 4.99 Å². The number of aliphatic imine (C=N–C) groups is 2. The highest BCUT2D eigenvalue weighted by atomic mass is 14.8. The Morgan fingerprint density at radius 3 is 2.40 bits per heavy atom. The van der Waals surface area contributed by atoms with E-state index in [-0.39, 0.29) is 5.41 Å². The largest absolute Gasteiger partial charge is 0.253 e. The Labute approximate surface area is 91.8 Å². The van der Waals surface area contributed by atoms with E-state index in [1.54, 1.807) is 0 Å². The van der Waals surface area contributed by atoms with Gasteiger partial charge in [0.1, 0.15) is 6.34 Å². The van der Waals surface area contributed by atoms with Gasteiger partial charge in [0.15, 0.2) is 0 Å². The first kappa shape index (κ1) is 11.6. The van der Waals surface area contributed by atoms with E-state index < -0.39 is 0 Å². The lowest BCUT2D eigenvalue weighted by Crippen LogP contribution is -2.10. The smallest absolute Gasteiger partial charge is 0.115 e. The second kappa shape index (κ2) is 4.39. The zero-order valence-corrected chi connectivity index (χ0v) is 9.91. The molecule has 0 aliphatic heterocycles. The van der Waals surface area contributed by atoms with Gasteiger partial charge in [-0.1, -0.05) is 32.9 Å². The molecule has 80 valence electrons. The van der Waals surface area contributed by atoms with Crippen LogP contribution >= 0.6 is 0 Å². The fourth-order valence-electron chi connectivity index (χ4n) is 1.37. The molecule has 0 amide bonds. The predicted molar refractivity (Wildman–Crippen MR) is 67.6 cm³/mol. The summed E-state index contributed by atoms with van der Waals surface area (Å²) < 4.78 is 0. The van der Waals surface area contributed by atoms with E-state index in [0.717, 1.165) is 5.69 Å². The third-order valence-electron chi connectivity index (χ3n) is 2.34. The van der Waals surface area contributed by atoms with Crippen molar-refractivity contribution in [1.82, 2.24) is 0 Å². The van der Waals surface area contributed by atoms with Gasteiger partial charge in [-0.2, -0.15) is 0 Å². The lowest BCUT2D eigenvalue weighted by atomic mass is 9.86. The standard InChI is InChI=1S/C13H18N2/c1-10-8-11(13(2,3)4)6-7-12(10)15-9-14-5/h6-9H,5H2,1-4H3. The van der Waals surface area contributed by atoms with E-state index in [9.17, 15) is 0 Å². The fraction of sp³-hybridized carbons (Fsp3) is 0.385. The molecule has 0 fully saturated rings. The van der Waals surface area contributed by atoms with E-state index in [4.69, 9.17) is 0 Å². The Bertz CT molecular complexity index is 384. The molecule has 0 saturated carbocycles. The zero-order valence-electron chi connectivity index (χ0n) is 9.91. The van der Waals surface area contributed by atoms with Crippen molar-refractivity contribution < 1.29 is 0 Å². The number of benzene rings is 1. The van der Waals surface area contributed by atoms with Crippen LogP contribution in [0, 0.1) is 6.92 Å². The van der Waals surface area contributed by atoms with Gasteiger partial charge < -0.3 is 0 Å². The molecular weight excluding hydrogens is 184 g/mol. The van der Waals surface area contributed by atoms with E-state index in [0.29, 0.717) is 0 Å². The van der Waals surface area contributed by atoms with Crippen molar-refractivity contribution in [1.29, 1.82) is 0 Å². The molecule has 1 aromatic rings. The maximum absolute atomic E-state index is 4.19. The molecule has 1 aromatic carbocycles. The van der Waals surface area contributed by atoms with Crippen molar-refractivity contribution in [2.45, 2.75) is 33.1 Å². The highest BCUT2D eigenvalue weighted by molar-refractivity contribution is 5.67. The van der Waals surface area contributed by atoms with Crippen LogP contribution in [0.2, 0.25) is 0 Å². The second-order valence-corrected chi connectivity index (χ2v) is 4.68. The monoisotopic (exact) mass is 202 g/mol. The van der Waals surface area contributed by atoms with Crippen molar-refractivity contribution in [3.05, 3.63) is 29.3 Å². The maximum atomic E-state index is 4.19. The van der Waals surface area contributed by atoms with Gasteiger partial charge >= 0.3 is 0 Å². The number of hydrogen-bond acceptors (Lipinski definition) is 1. The summed E-state index contributed by atoms with van der Waals surface area (Å²) in [6.45, 7) is 12.0. The van der Waals surface area contributed by atoms with Crippen LogP contribution in [0.15, 0.2) is 28.2 Å². The molecule has 0 aromatic heterocycles. The first-order valence-corrected chi connectivity index (χ1v) is 5.04. The number of hydrogen-bond donors (Lipinski definition) is 0. The van der Waals surface area contributed by atoms with Crippen molar-refractivity contribution >= 4 is 18.7 Å². The Morgan fingerprint density at radius 2 is 1.93 bits per heavy atom. The molecule has 0 unspecified atom stereocenters. The van der Waals surface area contributed by atoms with Gasteiger partial charge in [0.05, 0.1) is 5.69 Å². The molecule has 2 nitrogen and oxygen atoms in total. The van der Waals surface area contributed by atoms with Crippen LogP contribution in [0.4, 0.5) is 5.69 Å². The fourth-order valence-corrected chi connectivity index (χ4v) is 1.37. The van der Waals surface area contributed by atoms with E-state index in [1.807, 2.05) is 6.07 Å². The van der Waals surface area contributed by atoms with Crippen LogP contribution in [0.5, 0.6) is 0 Å². The molecule has 0 heterocycles. The summed E-state index contributed by atoms with van der Waals surface area (Å²) in [7, 11) is 0. The summed E-state index contributed by atoms with van der Waals surface area (Å²) in [6.07, 6.45) is 1.47. The zero-order chi connectivity index (χ0) is 11.5. The Balaban J connectivity index is 3.09. The van der Waals surface area contributed by atoms with E-state index in [2.05, 4.69) is 56.5 Å². The van der Waals surface area contributed by atoms with Gasteiger partial charge in [0.25, 0.3) is 0 Å². The van der Waals surface area contributed by atoms with Crippen LogP contribution in [0.25, 0.3) is 0 Å². The molecular formula is C13H18N2. The molecule has 0 atom stereocenters. The third kappa shape index (κ3) is 3.01. The number of aryl methyl sites for hydroxylation is 1. The van der Waals surface area contributed by atoms with Gasteiger partial charge in [0.2, 0.25) is 0 Å². The predicted octanol–water partition coefficient (Wildman–Crippen LogP) is 3.65. The Kier molecular flexibility index (Phi) is 3.40. The van der Waals surface area contributed by atoms with E-state index >= 15 is 0 Å². The summed E-state index contributed by atoms with van der Waals surface area (Å²) in [5, 5.41) is 0. The lowest BCUT2D eigenvalue weighted by Gasteiger charge is -2.19. The molecule has 0 aliphatic carbocycles. The second-order valence-electron chi connectivity index (χ2n) is 4.68. The third-order valence-corrected chi connectivity index (χ3v) is 2.34. The normalized spacial score (nSPS) is 12.0. The van der Waals surface area contributed by atoms with Gasteiger partial charge in [-0.15, -0.1) is 0 Å². The van der Waals surface area contributed by atoms with Crippen LogP contribution in [-0.2, 0) is 5.41 Å². The first-order valence-electron chi connectivity index (χ1n) is 5.04. The average Bonchev–Trinajstić information content (AvgIpc) is 2.14. The quantitative estimate of drug-likeness (QED) is 0.516. The molecule has 0 radical (unpaired) electrons. The first-order chi connectivity index (χ1) is 6.95. The molecule has 0 N–H and O–H groups in total. The molecule has 0 spiro atoms. The number of nitrogens with zero attached hydrogens (tertiary/aromatic N) is 2. The molecule has 0 saturated heterocycles. The molecule has 0 aliphatic rings. The van der Waals surface area contributed by atoms with Crippen LogP contribution in [0.3, 0.4) is 0 Å². The molecule has 0 bridgehead atoms. The van der Waals surface area contributed by atoms with E-state index in [1.165, 1.54) is 17.5 Å². The summed E-state index contributed by atoms with van der Waals surface area (Å²) in [5.74, 6) is 0. The highest BCUT2D eigenvalue weighted by Gasteiger charge is 2.13. The van der Waals surface area contributed by atoms with Crippen molar-refractivity contribution in [2.24, 2.45) is 9.98 Å². The van der Waals surface area contributed by atoms with Gasteiger partial charge in [0, 0.05) is 0 Å². The van der Waals surface area contributed by atoms with Crippen molar-refractivity contribution in [2.75, 3.05) is 0 Å². The summed E-state index contributed by atoms with van der Waals surface area (Å²) in [4.78, 5) is 7.79.